The van der Waals surface area contributed by atoms with Gasteiger partial charge in [-0.05, 0) is 32.4 Å². The fourth-order valence-electron chi connectivity index (χ4n) is 1.13. The molecule has 12 heavy (non-hydrogen) atoms. The van der Waals surface area contributed by atoms with Gasteiger partial charge >= 0.3 is 0 Å². The molecule has 1 heterocycles. The largest absolute Gasteiger partial charge is 0.348 e. The highest BCUT2D eigenvalue weighted by molar-refractivity contribution is 4.93. The molecule has 0 aliphatic carbocycles. The molecular weight excluding hydrogens is 150 g/mol. The Bertz CT molecular complexity index is 182. The van der Waals surface area contributed by atoms with Gasteiger partial charge in [0, 0.05) is 11.9 Å². The first-order valence-corrected chi connectivity index (χ1v) is 4.61. The maximum Gasteiger partial charge on any atom is 0.0921 e. The lowest BCUT2D eigenvalue weighted by Crippen LogP contribution is -2.16. The number of hydrogen-bond donors (Lipinski definition) is 2. The van der Waals surface area contributed by atoms with Gasteiger partial charge in [-0.1, -0.05) is 6.92 Å². The van der Waals surface area contributed by atoms with Crippen molar-refractivity contribution in [2.75, 3.05) is 13.1 Å². The van der Waals surface area contributed by atoms with Crippen LogP contribution >= 0.6 is 0 Å². The molecule has 0 amide bonds. The number of hydrogen-bond acceptors (Lipinski definition) is 2. The fraction of sp³-hybridized carbons (Fsp3) is 0.667. The van der Waals surface area contributed by atoms with Crippen LogP contribution in [-0.4, -0.2) is 23.1 Å². The summed E-state index contributed by atoms with van der Waals surface area (Å²) in [6.45, 7) is 4.41. The third kappa shape index (κ3) is 3.53. The van der Waals surface area contributed by atoms with Crippen LogP contribution in [0.1, 0.15) is 25.5 Å². The first-order chi connectivity index (χ1) is 5.93. The van der Waals surface area contributed by atoms with Gasteiger partial charge in [0.2, 0.25) is 0 Å². The van der Waals surface area contributed by atoms with E-state index in [4.69, 9.17) is 0 Å². The molecule has 1 aromatic heterocycles. The third-order valence-corrected chi connectivity index (χ3v) is 1.78. The number of nitrogens with zero attached hydrogens (tertiary/aromatic N) is 1. The van der Waals surface area contributed by atoms with Crippen molar-refractivity contribution in [3.8, 4) is 0 Å². The minimum absolute atomic E-state index is 1.09. The van der Waals surface area contributed by atoms with Gasteiger partial charge in [0.25, 0.3) is 0 Å². The van der Waals surface area contributed by atoms with E-state index in [1.54, 1.807) is 6.33 Å². The van der Waals surface area contributed by atoms with E-state index in [0.29, 0.717) is 0 Å². The van der Waals surface area contributed by atoms with Crippen LogP contribution in [0.5, 0.6) is 0 Å². The molecule has 68 valence electrons. The van der Waals surface area contributed by atoms with Crippen molar-refractivity contribution in [1.29, 1.82) is 0 Å². The maximum absolute atomic E-state index is 3.96. The summed E-state index contributed by atoms with van der Waals surface area (Å²) >= 11 is 0. The zero-order chi connectivity index (χ0) is 8.65. The fourth-order valence-corrected chi connectivity index (χ4v) is 1.13. The molecule has 3 nitrogen and oxygen atoms in total. The average molecular weight is 167 g/mol. The molecule has 0 saturated carbocycles. The Morgan fingerprint density at radius 3 is 3.08 bits per heavy atom. The number of aromatic nitrogens is 2. The van der Waals surface area contributed by atoms with Crippen LogP contribution in [0.15, 0.2) is 12.5 Å². The van der Waals surface area contributed by atoms with Crippen LogP contribution in [-0.2, 0) is 6.42 Å². The van der Waals surface area contributed by atoms with Crippen LogP contribution in [0.4, 0.5) is 0 Å². The molecule has 0 bridgehead atoms. The maximum atomic E-state index is 3.96. The van der Waals surface area contributed by atoms with Crippen LogP contribution < -0.4 is 5.32 Å². The molecular formula is C9H17N3. The second-order valence-electron chi connectivity index (χ2n) is 2.93. The summed E-state index contributed by atoms with van der Waals surface area (Å²) in [6.07, 6.45) is 7.11. The lowest BCUT2D eigenvalue weighted by Gasteiger charge is -2.00. The summed E-state index contributed by atoms with van der Waals surface area (Å²) < 4.78 is 0. The van der Waals surface area contributed by atoms with Crippen molar-refractivity contribution >= 4 is 0 Å². The number of H-pyrrole nitrogens is 1. The molecule has 2 N–H and O–H groups in total. The lowest BCUT2D eigenvalue weighted by molar-refractivity contribution is 0.637. The molecule has 0 aliphatic rings. The smallest absolute Gasteiger partial charge is 0.0921 e. The topological polar surface area (TPSA) is 40.7 Å². The Balaban J connectivity index is 1.96. The monoisotopic (exact) mass is 167 g/mol. The number of aromatic amines is 1. The molecule has 3 heteroatoms. The van der Waals surface area contributed by atoms with Gasteiger partial charge in [-0.25, -0.2) is 4.98 Å². The minimum atomic E-state index is 1.09. The molecule has 1 rings (SSSR count). The van der Waals surface area contributed by atoms with E-state index in [2.05, 4.69) is 22.2 Å². The lowest BCUT2D eigenvalue weighted by atomic mass is 10.2. The zero-order valence-electron chi connectivity index (χ0n) is 7.64. The standard InChI is InChI=1S/C9H17N3/c1-2-5-10-6-3-4-9-7-11-8-12-9/h7-8,10H,2-6H2,1H3,(H,11,12). The Kier molecular flexibility index (Phi) is 4.46. The molecule has 0 atom stereocenters. The van der Waals surface area contributed by atoms with E-state index >= 15 is 0 Å². The Morgan fingerprint density at radius 1 is 1.50 bits per heavy atom. The molecule has 0 radical (unpaired) electrons. The van der Waals surface area contributed by atoms with Crippen molar-refractivity contribution in [3.05, 3.63) is 18.2 Å². The number of aryl methyl sites for hydroxylation is 1. The third-order valence-electron chi connectivity index (χ3n) is 1.78. The van der Waals surface area contributed by atoms with E-state index in [-0.39, 0.29) is 0 Å². The highest BCUT2D eigenvalue weighted by Gasteiger charge is 1.92. The zero-order valence-corrected chi connectivity index (χ0v) is 7.64. The molecule has 0 fully saturated rings. The van der Waals surface area contributed by atoms with Gasteiger partial charge in [0.1, 0.15) is 0 Å². The Labute approximate surface area is 73.6 Å². The second kappa shape index (κ2) is 5.77. The highest BCUT2D eigenvalue weighted by Crippen LogP contribution is 1.95. The van der Waals surface area contributed by atoms with Gasteiger partial charge < -0.3 is 10.3 Å². The van der Waals surface area contributed by atoms with E-state index in [1.165, 1.54) is 18.5 Å². The molecule has 0 unspecified atom stereocenters. The molecule has 0 saturated heterocycles. The van der Waals surface area contributed by atoms with Crippen molar-refractivity contribution in [3.63, 3.8) is 0 Å². The second-order valence-corrected chi connectivity index (χ2v) is 2.93. The summed E-state index contributed by atoms with van der Waals surface area (Å²) in [5, 5.41) is 3.36. The van der Waals surface area contributed by atoms with Gasteiger partial charge in [-0.2, -0.15) is 0 Å². The first kappa shape index (κ1) is 9.26. The van der Waals surface area contributed by atoms with E-state index < -0.39 is 0 Å². The SMILES string of the molecule is CCCNCCCc1cnc[nH]1. The predicted molar refractivity (Wildman–Crippen MR) is 50.1 cm³/mol. The molecule has 0 aromatic carbocycles. The number of imidazole rings is 1. The van der Waals surface area contributed by atoms with Crippen molar-refractivity contribution in [2.24, 2.45) is 0 Å². The normalized spacial score (nSPS) is 10.4. The van der Waals surface area contributed by atoms with Gasteiger partial charge in [-0.3, -0.25) is 0 Å². The quantitative estimate of drug-likeness (QED) is 0.628. The molecule has 1 aromatic rings. The summed E-state index contributed by atoms with van der Waals surface area (Å²) in [4.78, 5) is 7.05. The van der Waals surface area contributed by atoms with Gasteiger partial charge in [-0.15, -0.1) is 0 Å². The van der Waals surface area contributed by atoms with Gasteiger partial charge in [0.15, 0.2) is 0 Å². The van der Waals surface area contributed by atoms with Crippen molar-refractivity contribution in [1.82, 2.24) is 15.3 Å². The van der Waals surface area contributed by atoms with Crippen molar-refractivity contribution < 1.29 is 0 Å². The Morgan fingerprint density at radius 2 is 2.42 bits per heavy atom. The molecule has 0 spiro atoms. The van der Waals surface area contributed by atoms with Crippen LogP contribution in [0.3, 0.4) is 0 Å². The van der Waals surface area contributed by atoms with Gasteiger partial charge in [0.05, 0.1) is 6.33 Å². The van der Waals surface area contributed by atoms with E-state index in [9.17, 15) is 0 Å². The summed E-state index contributed by atoms with van der Waals surface area (Å²) in [5.41, 5.74) is 1.23. The summed E-state index contributed by atoms with van der Waals surface area (Å²) in [5.74, 6) is 0. The number of nitrogens with one attached hydrogen (secondary N) is 2. The summed E-state index contributed by atoms with van der Waals surface area (Å²) in [6, 6.07) is 0. The average Bonchev–Trinajstić information content (AvgIpc) is 2.57. The summed E-state index contributed by atoms with van der Waals surface area (Å²) in [7, 11) is 0. The van der Waals surface area contributed by atoms with E-state index in [0.717, 1.165) is 19.5 Å². The highest BCUT2D eigenvalue weighted by atomic mass is 14.9. The molecule has 0 aliphatic heterocycles. The van der Waals surface area contributed by atoms with E-state index in [1.807, 2.05) is 6.20 Å². The van der Waals surface area contributed by atoms with Crippen LogP contribution in [0, 0.1) is 0 Å². The first-order valence-electron chi connectivity index (χ1n) is 4.61. The minimum Gasteiger partial charge on any atom is -0.348 e. The van der Waals surface area contributed by atoms with Crippen LogP contribution in [0.25, 0.3) is 0 Å². The Hall–Kier alpha value is -0.830. The van der Waals surface area contributed by atoms with Crippen LogP contribution in [0.2, 0.25) is 0 Å². The number of rotatable bonds is 6. The van der Waals surface area contributed by atoms with Crippen molar-refractivity contribution in [2.45, 2.75) is 26.2 Å². The predicted octanol–water partition coefficient (Wildman–Crippen LogP) is 1.34.